The molecule has 3 aromatic carbocycles. The van der Waals surface area contributed by atoms with Crippen LogP contribution in [0, 0.1) is 25.7 Å². The number of ketones is 2. The van der Waals surface area contributed by atoms with Gasteiger partial charge in [0.25, 0.3) is 0 Å². The number of amides is 2. The molecule has 7 heteroatoms. The van der Waals surface area contributed by atoms with Gasteiger partial charge >= 0.3 is 0 Å². The van der Waals surface area contributed by atoms with Gasteiger partial charge in [0, 0.05) is 11.1 Å². The molecule has 1 aliphatic carbocycles. The smallest absolute Gasteiger partial charge is 0.241 e. The van der Waals surface area contributed by atoms with Crippen LogP contribution in [0.2, 0.25) is 5.02 Å². The maximum atomic E-state index is 13.9. The summed E-state index contributed by atoms with van der Waals surface area (Å²) in [5.41, 5.74) is 1.18. The van der Waals surface area contributed by atoms with Crippen molar-refractivity contribution in [1.29, 1.82) is 0 Å². The Morgan fingerprint density at radius 3 is 2.06 bits per heavy atom. The number of hydrogen-bond acceptors (Lipinski definition) is 5. The van der Waals surface area contributed by atoms with Crippen molar-refractivity contribution in [2.45, 2.75) is 25.6 Å². The van der Waals surface area contributed by atoms with Crippen LogP contribution in [-0.4, -0.2) is 29.0 Å². The first-order valence-corrected chi connectivity index (χ1v) is 11.7. The first-order chi connectivity index (χ1) is 16.8. The Balaban J connectivity index is 1.57. The molecular weight excluding hydrogens is 466 g/mol. The van der Waals surface area contributed by atoms with Gasteiger partial charge < -0.3 is 4.74 Å². The number of nitrogens with zero attached hydrogens (tertiary/aromatic N) is 1. The number of rotatable bonds is 2. The number of benzene rings is 3. The lowest BCUT2D eigenvalue weighted by Crippen LogP contribution is -2.51. The van der Waals surface area contributed by atoms with Crippen molar-refractivity contribution in [2.24, 2.45) is 11.8 Å². The fourth-order valence-corrected chi connectivity index (χ4v) is 5.85. The van der Waals surface area contributed by atoms with E-state index in [-0.39, 0.29) is 21.8 Å². The molecule has 3 atom stereocenters. The monoisotopic (exact) mass is 485 g/mol. The van der Waals surface area contributed by atoms with E-state index in [1.54, 1.807) is 48.5 Å². The summed E-state index contributed by atoms with van der Waals surface area (Å²) in [6.45, 7) is 3.89. The Morgan fingerprint density at radius 2 is 1.43 bits per heavy atom. The molecule has 0 aromatic heterocycles. The maximum absolute atomic E-state index is 13.9. The molecule has 0 bridgehead atoms. The predicted molar refractivity (Wildman–Crippen MR) is 129 cm³/mol. The fraction of sp³-hybridized carbons (Fsp3) is 0.214. The topological polar surface area (TPSA) is 80.8 Å². The van der Waals surface area contributed by atoms with Gasteiger partial charge in [-0.3, -0.25) is 19.2 Å². The molecule has 2 saturated heterocycles. The number of carbonyl (C=O) groups is 4. The molecule has 2 aliphatic heterocycles. The summed E-state index contributed by atoms with van der Waals surface area (Å²) in [6, 6.07) is 18.5. The van der Waals surface area contributed by atoms with Gasteiger partial charge in [-0.2, -0.15) is 0 Å². The van der Waals surface area contributed by atoms with E-state index >= 15 is 0 Å². The van der Waals surface area contributed by atoms with Gasteiger partial charge in [0.15, 0.2) is 0 Å². The van der Waals surface area contributed by atoms with Crippen LogP contribution in [0.4, 0.5) is 5.69 Å². The van der Waals surface area contributed by atoms with Gasteiger partial charge in [-0.25, -0.2) is 4.90 Å². The summed E-state index contributed by atoms with van der Waals surface area (Å²) >= 11 is 6.35. The summed E-state index contributed by atoms with van der Waals surface area (Å²) in [5, 5.41) is 0.222. The average Bonchev–Trinajstić information content (AvgIpc) is 3.41. The Kier molecular flexibility index (Phi) is 4.66. The number of halogens is 1. The van der Waals surface area contributed by atoms with Gasteiger partial charge in [-0.1, -0.05) is 66.2 Å². The van der Waals surface area contributed by atoms with Crippen molar-refractivity contribution in [2.75, 3.05) is 4.90 Å². The standard InChI is InChI=1S/C28H20ClNO5/c1-14-11-12-16(13-15(14)2)23-21-22(27(34)30(26(21)33)20-10-6-5-9-19(20)29)28(35-23)24(31)17-7-3-4-8-18(17)25(28)32/h3-13,21-23H,1-2H3/t21-,22+,23-/m1/s1. The molecule has 0 saturated carbocycles. The van der Waals surface area contributed by atoms with E-state index in [9.17, 15) is 19.2 Å². The maximum Gasteiger partial charge on any atom is 0.241 e. The number of anilines is 1. The van der Waals surface area contributed by atoms with E-state index < -0.39 is 46.9 Å². The van der Waals surface area contributed by atoms with Crippen molar-refractivity contribution in [3.05, 3.63) is 99.6 Å². The molecule has 3 aromatic rings. The van der Waals surface area contributed by atoms with Crippen LogP contribution >= 0.6 is 11.6 Å². The van der Waals surface area contributed by atoms with Crippen LogP contribution in [0.5, 0.6) is 0 Å². The Hall–Kier alpha value is -3.61. The second-order valence-corrected chi connectivity index (χ2v) is 9.70. The first-order valence-electron chi connectivity index (χ1n) is 11.3. The minimum absolute atomic E-state index is 0.202. The first kappa shape index (κ1) is 21.9. The number of Topliss-reactive ketones (excluding diaryl/α,β-unsaturated/α-hetero) is 2. The molecule has 6 rings (SSSR count). The zero-order valence-corrected chi connectivity index (χ0v) is 19.7. The number of imide groups is 1. The molecule has 0 N–H and O–H groups in total. The SMILES string of the molecule is Cc1ccc([C@H]2OC3(C(=O)c4ccccc4C3=O)[C@@H]3C(=O)N(c4ccccc4Cl)C(=O)[C@@H]23)cc1C. The van der Waals surface area contributed by atoms with Crippen LogP contribution < -0.4 is 4.90 Å². The van der Waals surface area contributed by atoms with Crippen molar-refractivity contribution >= 4 is 40.7 Å². The number of para-hydroxylation sites is 1. The highest BCUT2D eigenvalue weighted by molar-refractivity contribution is 6.39. The van der Waals surface area contributed by atoms with Crippen molar-refractivity contribution in [1.82, 2.24) is 0 Å². The molecule has 2 fully saturated rings. The third-order valence-corrected chi connectivity index (χ3v) is 7.79. The van der Waals surface area contributed by atoms with E-state index in [4.69, 9.17) is 16.3 Å². The van der Waals surface area contributed by atoms with Crippen LogP contribution in [0.15, 0.2) is 66.7 Å². The zero-order valence-electron chi connectivity index (χ0n) is 18.9. The van der Waals surface area contributed by atoms with E-state index in [0.29, 0.717) is 5.56 Å². The summed E-state index contributed by atoms with van der Waals surface area (Å²) < 4.78 is 6.32. The second-order valence-electron chi connectivity index (χ2n) is 9.29. The summed E-state index contributed by atoms with van der Waals surface area (Å²) in [4.78, 5) is 56.3. The van der Waals surface area contributed by atoms with Gasteiger partial charge in [-0.05, 0) is 42.7 Å². The van der Waals surface area contributed by atoms with Crippen LogP contribution in [-0.2, 0) is 14.3 Å². The van der Waals surface area contributed by atoms with E-state index in [0.717, 1.165) is 16.0 Å². The number of ether oxygens (including phenoxy) is 1. The van der Waals surface area contributed by atoms with Crippen LogP contribution in [0.25, 0.3) is 0 Å². The third kappa shape index (κ3) is 2.75. The minimum Gasteiger partial charge on any atom is -0.349 e. The minimum atomic E-state index is -2.10. The van der Waals surface area contributed by atoms with E-state index in [1.807, 2.05) is 32.0 Å². The van der Waals surface area contributed by atoms with Crippen molar-refractivity contribution in [3.63, 3.8) is 0 Å². The Bertz CT molecular complexity index is 1440. The highest BCUT2D eigenvalue weighted by Crippen LogP contribution is 2.58. The molecule has 3 aliphatic rings. The van der Waals surface area contributed by atoms with Gasteiger partial charge in [0.1, 0.15) is 0 Å². The molecule has 0 radical (unpaired) electrons. The molecule has 35 heavy (non-hydrogen) atoms. The van der Waals surface area contributed by atoms with Crippen LogP contribution in [0.3, 0.4) is 0 Å². The van der Waals surface area contributed by atoms with E-state index in [1.165, 1.54) is 0 Å². The van der Waals surface area contributed by atoms with Gasteiger partial charge in [0.2, 0.25) is 29.0 Å². The lowest BCUT2D eigenvalue weighted by molar-refractivity contribution is -0.127. The number of fused-ring (bicyclic) bond motifs is 3. The van der Waals surface area contributed by atoms with Crippen LogP contribution in [0.1, 0.15) is 43.5 Å². The highest BCUT2D eigenvalue weighted by atomic mass is 35.5. The summed E-state index contributed by atoms with van der Waals surface area (Å²) in [7, 11) is 0. The van der Waals surface area contributed by atoms with Gasteiger partial charge in [0.05, 0.1) is 28.6 Å². The number of hydrogen-bond donors (Lipinski definition) is 0. The van der Waals surface area contributed by atoms with Gasteiger partial charge in [-0.15, -0.1) is 0 Å². The Labute approximate surface area is 206 Å². The second kappa shape index (κ2) is 7.44. The quantitative estimate of drug-likeness (QED) is 0.390. The predicted octanol–water partition coefficient (Wildman–Crippen LogP) is 4.65. The average molecular weight is 486 g/mol. The lowest BCUT2D eigenvalue weighted by atomic mass is 9.77. The molecular formula is C28H20ClNO5. The zero-order chi connectivity index (χ0) is 24.6. The normalized spacial score (nSPS) is 24.4. The lowest BCUT2D eigenvalue weighted by Gasteiger charge is -2.27. The number of aryl methyl sites for hydroxylation is 2. The molecule has 6 nitrogen and oxygen atoms in total. The molecule has 2 heterocycles. The highest BCUT2D eigenvalue weighted by Gasteiger charge is 2.74. The van der Waals surface area contributed by atoms with Crippen molar-refractivity contribution < 1.29 is 23.9 Å². The molecule has 2 amide bonds. The molecule has 174 valence electrons. The largest absolute Gasteiger partial charge is 0.349 e. The summed E-state index contributed by atoms with van der Waals surface area (Å²) in [5.74, 6) is -4.71. The molecule has 0 unspecified atom stereocenters. The fourth-order valence-electron chi connectivity index (χ4n) is 5.63. The summed E-state index contributed by atoms with van der Waals surface area (Å²) in [6.07, 6.45) is -0.953. The van der Waals surface area contributed by atoms with E-state index in [2.05, 4.69) is 0 Å². The van der Waals surface area contributed by atoms with Crippen molar-refractivity contribution in [3.8, 4) is 0 Å². The Morgan fingerprint density at radius 1 is 0.800 bits per heavy atom. The number of carbonyl (C=O) groups excluding carboxylic acids is 4. The molecule has 1 spiro atoms. The third-order valence-electron chi connectivity index (χ3n) is 7.47.